The van der Waals surface area contributed by atoms with Gasteiger partial charge in [-0.2, -0.15) is 0 Å². The average Bonchev–Trinajstić information content (AvgIpc) is 3.01. The molecule has 3 heterocycles. The van der Waals surface area contributed by atoms with Crippen molar-refractivity contribution in [3.05, 3.63) is 24.1 Å². The lowest BCUT2D eigenvalue weighted by molar-refractivity contribution is -0.122. The van der Waals surface area contributed by atoms with Crippen LogP contribution in [0, 0.1) is 6.92 Å². The second-order valence-electron chi connectivity index (χ2n) is 6.04. The van der Waals surface area contributed by atoms with Gasteiger partial charge in [0.2, 0.25) is 5.91 Å². The number of aryl methyl sites for hydroxylation is 1. The van der Waals surface area contributed by atoms with Gasteiger partial charge in [-0.1, -0.05) is 0 Å². The standard InChI is InChI=1S/C16H19N3O2/c1-10-9-12-14(21-10)6-7-17-15(12)19-8-2-3-13(19)16(20)18-11-4-5-11/h6-7,9,11,13H,2-5,8H2,1H3,(H,18,20). The maximum atomic E-state index is 12.4. The molecule has 2 aliphatic rings. The van der Waals surface area contributed by atoms with Crippen molar-refractivity contribution in [3.8, 4) is 0 Å². The van der Waals surface area contributed by atoms with Crippen molar-refractivity contribution >= 4 is 22.7 Å². The molecule has 1 saturated heterocycles. The van der Waals surface area contributed by atoms with Crippen LogP contribution in [0.15, 0.2) is 22.7 Å². The molecule has 0 spiro atoms. The predicted octanol–water partition coefficient (Wildman–Crippen LogP) is 2.38. The summed E-state index contributed by atoms with van der Waals surface area (Å²) in [4.78, 5) is 19.1. The quantitative estimate of drug-likeness (QED) is 0.940. The molecule has 2 fully saturated rings. The second-order valence-corrected chi connectivity index (χ2v) is 6.04. The number of fused-ring (bicyclic) bond motifs is 1. The topological polar surface area (TPSA) is 58.4 Å². The Balaban J connectivity index is 1.67. The summed E-state index contributed by atoms with van der Waals surface area (Å²) in [5.74, 6) is 1.89. The first kappa shape index (κ1) is 12.7. The van der Waals surface area contributed by atoms with Gasteiger partial charge in [-0.15, -0.1) is 0 Å². The summed E-state index contributed by atoms with van der Waals surface area (Å²) < 4.78 is 5.67. The fourth-order valence-corrected chi connectivity index (χ4v) is 3.12. The third kappa shape index (κ3) is 2.26. The Morgan fingerprint density at radius 1 is 1.43 bits per heavy atom. The van der Waals surface area contributed by atoms with E-state index in [9.17, 15) is 4.79 Å². The highest BCUT2D eigenvalue weighted by Crippen LogP contribution is 2.32. The number of rotatable bonds is 3. The van der Waals surface area contributed by atoms with Crippen molar-refractivity contribution in [3.63, 3.8) is 0 Å². The minimum Gasteiger partial charge on any atom is -0.461 e. The molecule has 110 valence electrons. The van der Waals surface area contributed by atoms with Crippen LogP contribution in [0.5, 0.6) is 0 Å². The van der Waals surface area contributed by atoms with Gasteiger partial charge in [-0.3, -0.25) is 4.79 Å². The normalized spacial score (nSPS) is 22.0. The van der Waals surface area contributed by atoms with Gasteiger partial charge in [0.1, 0.15) is 23.2 Å². The van der Waals surface area contributed by atoms with Gasteiger partial charge in [0.05, 0.1) is 5.39 Å². The molecule has 5 nitrogen and oxygen atoms in total. The van der Waals surface area contributed by atoms with Gasteiger partial charge in [-0.05, 0) is 44.7 Å². The molecule has 1 saturated carbocycles. The molecule has 1 unspecified atom stereocenters. The molecular weight excluding hydrogens is 266 g/mol. The van der Waals surface area contributed by atoms with E-state index in [1.807, 2.05) is 19.1 Å². The number of nitrogens with zero attached hydrogens (tertiary/aromatic N) is 2. The summed E-state index contributed by atoms with van der Waals surface area (Å²) in [5.41, 5.74) is 0.839. The molecule has 5 heteroatoms. The predicted molar refractivity (Wildman–Crippen MR) is 80.3 cm³/mol. The molecule has 2 aromatic rings. The van der Waals surface area contributed by atoms with E-state index < -0.39 is 0 Å². The van der Waals surface area contributed by atoms with Gasteiger partial charge < -0.3 is 14.6 Å². The van der Waals surface area contributed by atoms with E-state index in [1.165, 1.54) is 0 Å². The SMILES string of the molecule is Cc1cc2c(N3CCCC3C(=O)NC3CC3)nccc2o1. The Morgan fingerprint density at radius 2 is 2.29 bits per heavy atom. The Bertz CT molecular complexity index is 690. The van der Waals surface area contributed by atoms with Gasteiger partial charge in [0.15, 0.2) is 0 Å². The zero-order valence-electron chi connectivity index (χ0n) is 12.1. The molecule has 4 rings (SSSR count). The Kier molecular flexibility index (Phi) is 2.87. The van der Waals surface area contributed by atoms with E-state index in [2.05, 4.69) is 15.2 Å². The number of nitrogens with one attached hydrogen (secondary N) is 1. The molecule has 1 aliphatic carbocycles. The minimum absolute atomic E-state index is 0.0982. The maximum absolute atomic E-state index is 12.4. The highest BCUT2D eigenvalue weighted by Gasteiger charge is 2.35. The Morgan fingerprint density at radius 3 is 3.10 bits per heavy atom. The number of anilines is 1. The average molecular weight is 285 g/mol. The van der Waals surface area contributed by atoms with E-state index in [1.54, 1.807) is 6.20 Å². The molecular formula is C16H19N3O2. The third-order valence-corrected chi connectivity index (χ3v) is 4.30. The fourth-order valence-electron chi connectivity index (χ4n) is 3.12. The van der Waals surface area contributed by atoms with Crippen LogP contribution < -0.4 is 10.2 Å². The first-order chi connectivity index (χ1) is 10.2. The van der Waals surface area contributed by atoms with Crippen LogP contribution in [0.2, 0.25) is 0 Å². The second kappa shape index (κ2) is 4.76. The Labute approximate surface area is 123 Å². The lowest BCUT2D eigenvalue weighted by Crippen LogP contribution is -2.44. The van der Waals surface area contributed by atoms with Gasteiger partial charge in [0, 0.05) is 18.8 Å². The van der Waals surface area contributed by atoms with Gasteiger partial charge >= 0.3 is 0 Å². The largest absolute Gasteiger partial charge is 0.461 e. The number of amides is 1. The van der Waals surface area contributed by atoms with Crippen molar-refractivity contribution in [1.29, 1.82) is 0 Å². The summed E-state index contributed by atoms with van der Waals surface area (Å²) in [6.07, 6.45) is 5.92. The highest BCUT2D eigenvalue weighted by atomic mass is 16.3. The summed E-state index contributed by atoms with van der Waals surface area (Å²) >= 11 is 0. The fraction of sp³-hybridized carbons (Fsp3) is 0.500. The highest BCUT2D eigenvalue weighted by molar-refractivity contribution is 5.93. The van der Waals surface area contributed by atoms with E-state index in [0.717, 1.165) is 54.8 Å². The van der Waals surface area contributed by atoms with Crippen LogP contribution in [-0.4, -0.2) is 29.5 Å². The van der Waals surface area contributed by atoms with Crippen molar-refractivity contribution < 1.29 is 9.21 Å². The molecule has 0 bridgehead atoms. The third-order valence-electron chi connectivity index (χ3n) is 4.30. The lowest BCUT2D eigenvalue weighted by atomic mass is 10.2. The Hall–Kier alpha value is -2.04. The van der Waals surface area contributed by atoms with E-state index >= 15 is 0 Å². The molecule has 1 aliphatic heterocycles. The van der Waals surface area contributed by atoms with Crippen LogP contribution in [0.3, 0.4) is 0 Å². The van der Waals surface area contributed by atoms with Crippen LogP contribution in [0.1, 0.15) is 31.4 Å². The smallest absolute Gasteiger partial charge is 0.242 e. The summed E-state index contributed by atoms with van der Waals surface area (Å²) in [7, 11) is 0. The number of hydrogen-bond donors (Lipinski definition) is 1. The van der Waals surface area contributed by atoms with Crippen LogP contribution in [0.4, 0.5) is 5.82 Å². The summed E-state index contributed by atoms with van der Waals surface area (Å²) in [6, 6.07) is 4.19. The van der Waals surface area contributed by atoms with Gasteiger partial charge in [-0.25, -0.2) is 4.98 Å². The summed E-state index contributed by atoms with van der Waals surface area (Å²) in [6.45, 7) is 2.81. The zero-order valence-corrected chi connectivity index (χ0v) is 12.1. The van der Waals surface area contributed by atoms with E-state index in [-0.39, 0.29) is 11.9 Å². The first-order valence-corrected chi connectivity index (χ1v) is 7.64. The van der Waals surface area contributed by atoms with Crippen molar-refractivity contribution in [2.45, 2.75) is 44.7 Å². The van der Waals surface area contributed by atoms with Gasteiger partial charge in [0.25, 0.3) is 0 Å². The monoisotopic (exact) mass is 285 g/mol. The maximum Gasteiger partial charge on any atom is 0.242 e. The summed E-state index contributed by atoms with van der Waals surface area (Å²) in [5, 5.41) is 4.12. The first-order valence-electron chi connectivity index (χ1n) is 7.64. The number of carbonyl (C=O) groups is 1. The number of furan rings is 1. The number of pyridine rings is 1. The molecule has 1 atom stereocenters. The van der Waals surface area contributed by atoms with Crippen LogP contribution >= 0.6 is 0 Å². The minimum atomic E-state index is -0.0982. The van der Waals surface area contributed by atoms with Crippen molar-refractivity contribution in [1.82, 2.24) is 10.3 Å². The number of carbonyl (C=O) groups excluding carboxylic acids is 1. The molecule has 0 radical (unpaired) electrons. The molecule has 21 heavy (non-hydrogen) atoms. The zero-order chi connectivity index (χ0) is 14.4. The van der Waals surface area contributed by atoms with Crippen LogP contribution in [-0.2, 0) is 4.79 Å². The molecule has 1 N–H and O–H groups in total. The van der Waals surface area contributed by atoms with Crippen molar-refractivity contribution in [2.75, 3.05) is 11.4 Å². The number of hydrogen-bond acceptors (Lipinski definition) is 4. The van der Waals surface area contributed by atoms with Crippen molar-refractivity contribution in [2.24, 2.45) is 0 Å². The molecule has 2 aromatic heterocycles. The van der Waals surface area contributed by atoms with E-state index in [0.29, 0.717) is 6.04 Å². The van der Waals surface area contributed by atoms with E-state index in [4.69, 9.17) is 4.42 Å². The molecule has 0 aromatic carbocycles. The van der Waals surface area contributed by atoms with Crippen LogP contribution in [0.25, 0.3) is 11.0 Å². The lowest BCUT2D eigenvalue weighted by Gasteiger charge is -2.25. The number of aromatic nitrogens is 1. The molecule has 1 amide bonds.